The number of hydrogen-bond donors (Lipinski definition) is 0. The Kier molecular flexibility index (Phi) is 3.31. The van der Waals surface area contributed by atoms with Crippen molar-refractivity contribution >= 4 is 5.78 Å². The van der Waals surface area contributed by atoms with E-state index in [2.05, 4.69) is 10.3 Å². The van der Waals surface area contributed by atoms with E-state index in [0.717, 1.165) is 5.69 Å². The van der Waals surface area contributed by atoms with Crippen LogP contribution in [-0.4, -0.2) is 20.8 Å². The molecule has 0 saturated carbocycles. The first kappa shape index (κ1) is 13.2. The Bertz CT molecular complexity index is 796. The van der Waals surface area contributed by atoms with Gasteiger partial charge in [0.15, 0.2) is 0 Å². The highest BCUT2D eigenvalue weighted by atomic mass is 19.1. The van der Waals surface area contributed by atoms with Gasteiger partial charge in [-0.2, -0.15) is 0 Å². The third-order valence-corrected chi connectivity index (χ3v) is 3.22. The van der Waals surface area contributed by atoms with Gasteiger partial charge in [0.05, 0.1) is 11.9 Å². The minimum atomic E-state index is -0.362. The number of carbonyl (C=O) groups excluding carboxylic acids is 1. The SMILES string of the molecule is Cc1cc(F)ccc1C(=O)c1cnnn1-c1ccccc1. The normalized spacial score (nSPS) is 10.6. The molecule has 0 radical (unpaired) electrons. The number of halogens is 1. The fourth-order valence-electron chi connectivity index (χ4n) is 2.17. The number of ketones is 1. The lowest BCUT2D eigenvalue weighted by molar-refractivity contribution is 0.103. The van der Waals surface area contributed by atoms with Gasteiger partial charge in [-0.3, -0.25) is 4.79 Å². The average molecular weight is 281 g/mol. The summed E-state index contributed by atoms with van der Waals surface area (Å²) in [5.41, 5.74) is 2.12. The minimum Gasteiger partial charge on any atom is -0.287 e. The van der Waals surface area contributed by atoms with E-state index in [-0.39, 0.29) is 11.6 Å². The van der Waals surface area contributed by atoms with Gasteiger partial charge in [0.2, 0.25) is 5.78 Å². The highest BCUT2D eigenvalue weighted by Gasteiger charge is 2.18. The van der Waals surface area contributed by atoms with Gasteiger partial charge < -0.3 is 0 Å². The molecule has 4 nitrogen and oxygen atoms in total. The molecule has 3 rings (SSSR count). The maximum atomic E-state index is 13.2. The van der Waals surface area contributed by atoms with Crippen LogP contribution in [0.4, 0.5) is 4.39 Å². The highest BCUT2D eigenvalue weighted by molar-refractivity contribution is 6.08. The number of aromatic nitrogens is 3. The Hall–Kier alpha value is -2.82. The maximum Gasteiger partial charge on any atom is 0.213 e. The summed E-state index contributed by atoms with van der Waals surface area (Å²) in [6, 6.07) is 13.4. The summed E-state index contributed by atoms with van der Waals surface area (Å²) in [6.45, 7) is 1.70. The second kappa shape index (κ2) is 5.28. The van der Waals surface area contributed by atoms with E-state index >= 15 is 0 Å². The molecule has 1 aromatic heterocycles. The number of carbonyl (C=O) groups is 1. The van der Waals surface area contributed by atoms with Crippen LogP contribution in [0.25, 0.3) is 5.69 Å². The molecule has 0 unspecified atom stereocenters. The van der Waals surface area contributed by atoms with Crippen LogP contribution < -0.4 is 0 Å². The monoisotopic (exact) mass is 281 g/mol. The quantitative estimate of drug-likeness (QED) is 0.693. The molecule has 21 heavy (non-hydrogen) atoms. The van der Waals surface area contributed by atoms with Gasteiger partial charge in [0, 0.05) is 5.56 Å². The number of rotatable bonds is 3. The van der Waals surface area contributed by atoms with E-state index in [9.17, 15) is 9.18 Å². The summed E-state index contributed by atoms with van der Waals surface area (Å²) in [5, 5.41) is 7.76. The molecule has 0 saturated heterocycles. The second-order valence-corrected chi connectivity index (χ2v) is 4.65. The van der Waals surface area contributed by atoms with E-state index in [4.69, 9.17) is 0 Å². The van der Waals surface area contributed by atoms with Crippen LogP contribution in [0.2, 0.25) is 0 Å². The second-order valence-electron chi connectivity index (χ2n) is 4.65. The number of benzene rings is 2. The average Bonchev–Trinajstić information content (AvgIpc) is 2.97. The van der Waals surface area contributed by atoms with E-state index < -0.39 is 0 Å². The smallest absolute Gasteiger partial charge is 0.213 e. The first-order valence-corrected chi connectivity index (χ1v) is 6.44. The molecule has 104 valence electrons. The number of hydrogen-bond acceptors (Lipinski definition) is 3. The fraction of sp³-hybridized carbons (Fsp3) is 0.0625. The number of aryl methyl sites for hydroxylation is 1. The van der Waals surface area contributed by atoms with Crippen LogP contribution in [0.15, 0.2) is 54.7 Å². The predicted octanol–water partition coefficient (Wildman–Crippen LogP) is 2.95. The zero-order valence-electron chi connectivity index (χ0n) is 11.3. The van der Waals surface area contributed by atoms with Gasteiger partial charge in [0.1, 0.15) is 11.5 Å². The summed E-state index contributed by atoms with van der Waals surface area (Å²) in [6.07, 6.45) is 1.41. The molecule has 0 aliphatic carbocycles. The number of para-hydroxylation sites is 1. The molecule has 2 aromatic carbocycles. The van der Waals surface area contributed by atoms with Crippen LogP contribution in [-0.2, 0) is 0 Å². The Morgan fingerprint density at radius 2 is 1.90 bits per heavy atom. The summed E-state index contributed by atoms with van der Waals surface area (Å²) in [4.78, 5) is 12.6. The van der Waals surface area contributed by atoms with Crippen LogP contribution in [0.3, 0.4) is 0 Å². The van der Waals surface area contributed by atoms with Crippen molar-refractivity contribution in [2.45, 2.75) is 6.92 Å². The van der Waals surface area contributed by atoms with Crippen molar-refractivity contribution in [1.29, 1.82) is 0 Å². The lowest BCUT2D eigenvalue weighted by Crippen LogP contribution is -2.11. The lowest BCUT2D eigenvalue weighted by Gasteiger charge is -2.07. The first-order valence-electron chi connectivity index (χ1n) is 6.44. The summed E-state index contributed by atoms with van der Waals surface area (Å²) in [7, 11) is 0. The van der Waals surface area contributed by atoms with Gasteiger partial charge >= 0.3 is 0 Å². The molecule has 0 atom stereocenters. The molecule has 0 amide bonds. The first-order chi connectivity index (χ1) is 10.2. The molecule has 3 aromatic rings. The van der Waals surface area contributed by atoms with E-state index in [1.807, 2.05) is 30.3 Å². The zero-order chi connectivity index (χ0) is 14.8. The van der Waals surface area contributed by atoms with Crippen LogP contribution in [0.1, 0.15) is 21.6 Å². The number of nitrogens with zero attached hydrogens (tertiary/aromatic N) is 3. The third kappa shape index (κ3) is 2.45. The standard InChI is InChI=1S/C16H12FN3O/c1-11-9-12(17)7-8-14(11)16(21)15-10-18-19-20(15)13-5-3-2-4-6-13/h2-10H,1H3. The van der Waals surface area contributed by atoms with Crippen LogP contribution >= 0.6 is 0 Å². The zero-order valence-corrected chi connectivity index (χ0v) is 11.3. The molecular formula is C16H12FN3O. The molecule has 0 aliphatic heterocycles. The molecule has 0 fully saturated rings. The van der Waals surface area contributed by atoms with Gasteiger partial charge in [0.25, 0.3) is 0 Å². The Morgan fingerprint density at radius 3 is 2.62 bits per heavy atom. The largest absolute Gasteiger partial charge is 0.287 e. The summed E-state index contributed by atoms with van der Waals surface area (Å²) >= 11 is 0. The van der Waals surface area contributed by atoms with Gasteiger partial charge in [-0.15, -0.1) is 5.10 Å². The lowest BCUT2D eigenvalue weighted by atomic mass is 10.0. The topological polar surface area (TPSA) is 47.8 Å². The Morgan fingerprint density at radius 1 is 1.14 bits per heavy atom. The molecule has 0 aliphatic rings. The summed E-state index contributed by atoms with van der Waals surface area (Å²) in [5.74, 6) is -0.597. The highest BCUT2D eigenvalue weighted by Crippen LogP contribution is 2.17. The maximum absolute atomic E-state index is 13.2. The summed E-state index contributed by atoms with van der Waals surface area (Å²) < 4.78 is 14.6. The van der Waals surface area contributed by atoms with Crippen molar-refractivity contribution in [2.24, 2.45) is 0 Å². The van der Waals surface area contributed by atoms with Crippen LogP contribution in [0.5, 0.6) is 0 Å². The molecule has 1 heterocycles. The molecule has 0 bridgehead atoms. The Balaban J connectivity index is 2.06. The van der Waals surface area contributed by atoms with E-state index in [1.54, 1.807) is 6.92 Å². The van der Waals surface area contributed by atoms with Crippen molar-refractivity contribution in [1.82, 2.24) is 15.0 Å². The molecule has 0 N–H and O–H groups in total. The minimum absolute atomic E-state index is 0.235. The molecule has 5 heteroatoms. The van der Waals surface area contributed by atoms with Crippen molar-refractivity contribution in [3.05, 3.63) is 77.4 Å². The third-order valence-electron chi connectivity index (χ3n) is 3.22. The molecular weight excluding hydrogens is 269 g/mol. The van der Waals surface area contributed by atoms with E-state index in [1.165, 1.54) is 29.1 Å². The van der Waals surface area contributed by atoms with E-state index in [0.29, 0.717) is 16.8 Å². The van der Waals surface area contributed by atoms with Crippen molar-refractivity contribution in [3.63, 3.8) is 0 Å². The molecule has 0 spiro atoms. The Labute approximate surface area is 120 Å². The van der Waals surface area contributed by atoms with Crippen molar-refractivity contribution in [2.75, 3.05) is 0 Å². The predicted molar refractivity (Wildman–Crippen MR) is 75.9 cm³/mol. The van der Waals surface area contributed by atoms with Crippen LogP contribution in [0, 0.1) is 12.7 Å². The van der Waals surface area contributed by atoms with Crippen molar-refractivity contribution in [3.8, 4) is 5.69 Å². The van der Waals surface area contributed by atoms with Crippen molar-refractivity contribution < 1.29 is 9.18 Å². The van der Waals surface area contributed by atoms with Gasteiger partial charge in [-0.25, -0.2) is 9.07 Å². The van der Waals surface area contributed by atoms with Gasteiger partial charge in [-0.1, -0.05) is 23.4 Å². The fourth-order valence-corrected chi connectivity index (χ4v) is 2.17. The van der Waals surface area contributed by atoms with Gasteiger partial charge in [-0.05, 0) is 42.8 Å².